The first-order chi connectivity index (χ1) is 31.4. The molecule has 12 aromatic rings. The van der Waals surface area contributed by atoms with E-state index in [2.05, 4.69) is 242 Å². The summed E-state index contributed by atoms with van der Waals surface area (Å²) in [6, 6.07) is 77.4. The Balaban J connectivity index is 1.06. The summed E-state index contributed by atoms with van der Waals surface area (Å²) in [7, 11) is -1.46. The second kappa shape index (κ2) is 15.1. The minimum Gasteiger partial charge on any atom is -0.455 e. The van der Waals surface area contributed by atoms with E-state index < -0.39 is 8.07 Å². The lowest BCUT2D eigenvalue weighted by Crippen LogP contribution is -2.37. The van der Waals surface area contributed by atoms with E-state index in [0.717, 1.165) is 66.8 Å². The van der Waals surface area contributed by atoms with Gasteiger partial charge in [0.1, 0.15) is 11.2 Å². The largest absolute Gasteiger partial charge is 0.455 e. The van der Waals surface area contributed by atoms with Crippen molar-refractivity contribution >= 4 is 122 Å². The summed E-state index contributed by atoms with van der Waals surface area (Å²) < 4.78 is 9.68. The zero-order valence-corrected chi connectivity index (χ0v) is 37.7. The van der Waals surface area contributed by atoms with Crippen LogP contribution >= 0.6 is 11.3 Å². The minimum absolute atomic E-state index is 0.864. The second-order valence-electron chi connectivity index (χ2n) is 17.7. The fourth-order valence-corrected chi connectivity index (χ4v) is 11.9. The van der Waals surface area contributed by atoms with Gasteiger partial charge in [-0.05, 0) is 107 Å². The van der Waals surface area contributed by atoms with E-state index in [4.69, 9.17) is 4.42 Å². The third-order valence-electron chi connectivity index (χ3n) is 12.8. The molecule has 10 aromatic carbocycles. The lowest BCUT2D eigenvalue weighted by atomic mass is 9.95. The van der Waals surface area contributed by atoms with Crippen LogP contribution < -0.4 is 15.0 Å². The quantitative estimate of drug-likeness (QED) is 0.112. The third-order valence-corrected chi connectivity index (χ3v) is 16.0. The summed E-state index contributed by atoms with van der Waals surface area (Å²) in [6.45, 7) is 7.19. The molecule has 0 saturated carbocycles. The highest BCUT2D eigenvalue weighted by Crippen LogP contribution is 2.48. The molecule has 306 valence electrons. The van der Waals surface area contributed by atoms with Crippen LogP contribution in [-0.2, 0) is 0 Å². The van der Waals surface area contributed by atoms with Crippen LogP contribution in [0.15, 0.2) is 217 Å². The normalized spacial score (nSPS) is 12.0. The van der Waals surface area contributed by atoms with Gasteiger partial charge in [-0.2, -0.15) is 0 Å². The van der Waals surface area contributed by atoms with E-state index in [-0.39, 0.29) is 0 Å². The lowest BCUT2D eigenvalue weighted by molar-refractivity contribution is 0.673. The summed E-state index contributed by atoms with van der Waals surface area (Å²) in [6.07, 6.45) is 0. The number of hydrogen-bond acceptors (Lipinski definition) is 4. The van der Waals surface area contributed by atoms with Gasteiger partial charge in [-0.1, -0.05) is 146 Å². The Morgan fingerprint density at radius 1 is 0.391 bits per heavy atom. The highest BCUT2D eigenvalue weighted by Gasteiger charge is 2.23. The van der Waals surface area contributed by atoms with Crippen LogP contribution in [-0.4, -0.2) is 8.07 Å². The van der Waals surface area contributed by atoms with Crippen molar-refractivity contribution < 1.29 is 4.42 Å². The Morgan fingerprint density at radius 3 is 1.72 bits per heavy atom. The van der Waals surface area contributed by atoms with E-state index >= 15 is 0 Å². The number of fused-ring (bicyclic) bond motifs is 11. The van der Waals surface area contributed by atoms with Crippen molar-refractivity contribution in [3.8, 4) is 11.1 Å². The summed E-state index contributed by atoms with van der Waals surface area (Å²) in [4.78, 5) is 4.77. The van der Waals surface area contributed by atoms with Crippen molar-refractivity contribution in [2.45, 2.75) is 19.6 Å². The molecule has 0 radical (unpaired) electrons. The first-order valence-electron chi connectivity index (χ1n) is 22.0. The van der Waals surface area contributed by atoms with Gasteiger partial charge in [0, 0.05) is 76.4 Å². The number of hydrogen-bond donors (Lipinski definition) is 0. The molecule has 0 fully saturated rings. The topological polar surface area (TPSA) is 19.6 Å². The maximum atomic E-state index is 7.09. The first kappa shape index (κ1) is 38.2. The molecule has 0 spiro atoms. The average molecular weight is 857 g/mol. The molecule has 0 aliphatic rings. The smallest absolute Gasteiger partial charge is 0.143 e. The molecule has 2 aromatic heterocycles. The molecule has 0 N–H and O–H groups in total. The number of anilines is 6. The van der Waals surface area contributed by atoms with Crippen molar-refractivity contribution in [1.29, 1.82) is 0 Å². The zero-order chi connectivity index (χ0) is 42.9. The Morgan fingerprint density at radius 2 is 0.953 bits per heavy atom. The van der Waals surface area contributed by atoms with E-state index in [1.807, 2.05) is 11.3 Å². The molecule has 2 heterocycles. The van der Waals surface area contributed by atoms with Crippen molar-refractivity contribution in [1.82, 2.24) is 0 Å². The van der Waals surface area contributed by atoms with Gasteiger partial charge in [-0.15, -0.1) is 11.3 Å². The molecular weight excluding hydrogens is 813 g/mol. The number of benzene rings is 10. The predicted molar refractivity (Wildman–Crippen MR) is 279 cm³/mol. The average Bonchev–Trinajstić information content (AvgIpc) is 3.91. The maximum Gasteiger partial charge on any atom is 0.143 e. The van der Waals surface area contributed by atoms with E-state index in [9.17, 15) is 0 Å². The minimum atomic E-state index is -1.46. The second-order valence-corrected chi connectivity index (χ2v) is 23.9. The maximum absolute atomic E-state index is 7.09. The Labute approximate surface area is 377 Å². The van der Waals surface area contributed by atoms with Gasteiger partial charge in [0.25, 0.3) is 0 Å². The highest BCUT2D eigenvalue weighted by molar-refractivity contribution is 7.25. The van der Waals surface area contributed by atoms with Crippen LogP contribution in [0.5, 0.6) is 0 Å². The van der Waals surface area contributed by atoms with Gasteiger partial charge < -0.3 is 14.2 Å². The van der Waals surface area contributed by atoms with Gasteiger partial charge in [-0.3, -0.25) is 0 Å². The molecule has 12 rings (SSSR count). The Kier molecular flexibility index (Phi) is 9.04. The van der Waals surface area contributed by atoms with Crippen LogP contribution in [0.25, 0.3) is 74.8 Å². The van der Waals surface area contributed by atoms with Crippen LogP contribution in [0, 0.1) is 0 Å². The standard InChI is InChI=1S/C59H44N2OSSi/c1-64(2,3)45-31-26-41(27-32-45)60(40-18-8-5-9-19-40)44-29-34-51-55(38-44)62-59-50-33-28-42(36-52(50)47-21-10-11-23-49(47)58(51)59)61(54-24-14-12-20-46(54)39-16-6-4-7-17-39)43-30-35-57-53(37-43)48-22-13-15-25-56(48)63-57/h4-38H,1-3H3. The number of furan rings is 1. The van der Waals surface area contributed by atoms with Crippen molar-refractivity contribution in [2.75, 3.05) is 9.80 Å². The van der Waals surface area contributed by atoms with Gasteiger partial charge in [0.15, 0.2) is 0 Å². The molecular formula is C59H44N2OSSi. The summed E-state index contributed by atoms with van der Waals surface area (Å²) in [5, 5.41) is 10.9. The molecule has 0 saturated heterocycles. The van der Waals surface area contributed by atoms with Gasteiger partial charge >= 0.3 is 0 Å². The van der Waals surface area contributed by atoms with Crippen LogP contribution in [0.3, 0.4) is 0 Å². The van der Waals surface area contributed by atoms with Crippen LogP contribution in [0.1, 0.15) is 0 Å². The molecule has 64 heavy (non-hydrogen) atoms. The third kappa shape index (κ3) is 6.38. The molecule has 0 unspecified atom stereocenters. The van der Waals surface area contributed by atoms with Crippen LogP contribution in [0.4, 0.5) is 34.1 Å². The Bertz CT molecular complexity index is 3720. The molecule has 0 aliphatic carbocycles. The summed E-state index contributed by atoms with van der Waals surface area (Å²) in [5.41, 5.74) is 10.7. The monoisotopic (exact) mass is 856 g/mol. The van der Waals surface area contributed by atoms with Gasteiger partial charge in [0.2, 0.25) is 0 Å². The van der Waals surface area contributed by atoms with Crippen LogP contribution in [0.2, 0.25) is 19.6 Å². The van der Waals surface area contributed by atoms with E-state index in [1.54, 1.807) is 0 Å². The van der Waals surface area contributed by atoms with Gasteiger partial charge in [0.05, 0.1) is 13.8 Å². The lowest BCUT2D eigenvalue weighted by Gasteiger charge is -2.28. The fraction of sp³-hybridized carbons (Fsp3) is 0.0508. The SMILES string of the molecule is C[Si](C)(C)c1ccc(N(c2ccccc2)c2ccc3c(c2)oc2c4ccc(N(c5ccc6sc7ccccc7c6c5)c5ccccc5-c5ccccc5)cc4c4ccccc4c32)cc1. The number of thiophene rings is 1. The van der Waals surface area contributed by atoms with E-state index in [1.165, 1.54) is 47.3 Å². The summed E-state index contributed by atoms with van der Waals surface area (Å²) >= 11 is 1.85. The molecule has 0 aliphatic heterocycles. The number of rotatable bonds is 8. The molecule has 0 amide bonds. The van der Waals surface area contributed by atoms with E-state index in [0.29, 0.717) is 0 Å². The van der Waals surface area contributed by atoms with Gasteiger partial charge in [-0.25, -0.2) is 0 Å². The first-order valence-corrected chi connectivity index (χ1v) is 26.3. The Hall–Kier alpha value is -7.44. The van der Waals surface area contributed by atoms with Crippen molar-refractivity contribution in [3.63, 3.8) is 0 Å². The molecule has 3 nitrogen and oxygen atoms in total. The molecule has 0 atom stereocenters. The zero-order valence-electron chi connectivity index (χ0n) is 35.9. The highest BCUT2D eigenvalue weighted by atomic mass is 32.1. The molecule has 5 heteroatoms. The van der Waals surface area contributed by atoms with Crippen molar-refractivity contribution in [2.24, 2.45) is 0 Å². The number of nitrogens with zero attached hydrogens (tertiary/aromatic N) is 2. The van der Waals surface area contributed by atoms with Crippen molar-refractivity contribution in [3.05, 3.63) is 212 Å². The summed E-state index contributed by atoms with van der Waals surface area (Å²) in [5.74, 6) is 0. The fourth-order valence-electron chi connectivity index (χ4n) is 9.66. The number of para-hydroxylation sites is 2. The predicted octanol–water partition coefficient (Wildman–Crippen LogP) is 17.4. The molecule has 0 bridgehead atoms.